The molecule has 2 aromatic rings. The van der Waals surface area contributed by atoms with Crippen molar-refractivity contribution in [3.8, 4) is 5.75 Å². The van der Waals surface area contributed by atoms with Crippen LogP contribution in [0.2, 0.25) is 0 Å². The average Bonchev–Trinajstić information content (AvgIpc) is 3.03. The number of nitrogens with one attached hydrogen (secondary N) is 1. The van der Waals surface area contributed by atoms with Crippen LogP contribution in [-0.2, 0) is 9.59 Å². The Morgan fingerprint density at radius 3 is 2.36 bits per heavy atom. The van der Waals surface area contributed by atoms with Gasteiger partial charge in [0.1, 0.15) is 5.75 Å². The van der Waals surface area contributed by atoms with Gasteiger partial charge in [0.05, 0.1) is 16.8 Å². The van der Waals surface area contributed by atoms with Crippen LogP contribution in [0.4, 0.5) is 11.4 Å². The predicted molar refractivity (Wildman–Crippen MR) is 123 cm³/mol. The second-order valence-corrected chi connectivity index (χ2v) is 8.28. The molecule has 0 saturated carbocycles. The molecular weight excluding hydrogens is 424 g/mol. The molecule has 0 bridgehead atoms. The van der Waals surface area contributed by atoms with Crippen molar-refractivity contribution in [2.75, 3.05) is 50.6 Å². The molecule has 0 aliphatic carbocycles. The van der Waals surface area contributed by atoms with E-state index in [4.69, 9.17) is 4.74 Å². The molecule has 0 saturated heterocycles. The molecule has 0 aromatic heterocycles. The van der Waals surface area contributed by atoms with Gasteiger partial charge in [0.25, 0.3) is 17.7 Å². The molecule has 9 nitrogen and oxygen atoms in total. The summed E-state index contributed by atoms with van der Waals surface area (Å²) in [6, 6.07) is 11.9. The largest absolute Gasteiger partial charge is 0.482 e. The van der Waals surface area contributed by atoms with E-state index in [-0.39, 0.29) is 43.2 Å². The zero-order valence-electron chi connectivity index (χ0n) is 18.7. The Hall–Kier alpha value is -3.72. The standard InChI is InChI=1S/C24H26N4O5/c1-26(2)12-13-27-19-14-16(9-10-20(19)33-15-22(27)30)25-21(29)8-5-11-28-23(31)17-6-3-4-7-18(17)24(28)32/h3-4,6-7,9-10,14H,5,8,11-13,15H2,1-2H3,(H,25,29). The lowest BCUT2D eigenvalue weighted by Gasteiger charge is -2.30. The number of likely N-dealkylation sites (N-methyl/N-ethyl adjacent to an activating group) is 1. The summed E-state index contributed by atoms with van der Waals surface area (Å²) < 4.78 is 5.51. The predicted octanol–water partition coefficient (Wildman–Crippen LogP) is 1.99. The molecule has 0 atom stereocenters. The fraction of sp³-hybridized carbons (Fsp3) is 0.333. The number of carbonyl (C=O) groups excluding carboxylic acids is 4. The van der Waals surface area contributed by atoms with Crippen LogP contribution in [0, 0.1) is 0 Å². The van der Waals surface area contributed by atoms with Gasteiger partial charge in [-0.1, -0.05) is 12.1 Å². The second-order valence-electron chi connectivity index (χ2n) is 8.28. The summed E-state index contributed by atoms with van der Waals surface area (Å²) in [5.74, 6) is -0.429. The summed E-state index contributed by atoms with van der Waals surface area (Å²) in [5.41, 5.74) is 1.97. The number of amides is 4. The number of rotatable bonds is 8. The van der Waals surface area contributed by atoms with E-state index in [1.54, 1.807) is 47.4 Å². The van der Waals surface area contributed by atoms with Crippen molar-refractivity contribution in [2.45, 2.75) is 12.8 Å². The molecule has 9 heteroatoms. The van der Waals surface area contributed by atoms with E-state index < -0.39 is 0 Å². The monoisotopic (exact) mass is 450 g/mol. The first-order valence-corrected chi connectivity index (χ1v) is 10.8. The highest BCUT2D eigenvalue weighted by atomic mass is 16.5. The SMILES string of the molecule is CN(C)CCN1C(=O)COc2ccc(NC(=O)CCCN3C(=O)c4ccccc4C3=O)cc21. The normalized spacial score (nSPS) is 14.9. The van der Waals surface area contributed by atoms with E-state index in [1.165, 1.54) is 4.90 Å². The first-order valence-electron chi connectivity index (χ1n) is 10.8. The number of benzene rings is 2. The fourth-order valence-electron chi connectivity index (χ4n) is 3.89. The van der Waals surface area contributed by atoms with Crippen molar-refractivity contribution >= 4 is 35.0 Å². The van der Waals surface area contributed by atoms with E-state index >= 15 is 0 Å². The number of nitrogens with zero attached hydrogens (tertiary/aromatic N) is 3. The molecule has 33 heavy (non-hydrogen) atoms. The molecular formula is C24H26N4O5. The summed E-state index contributed by atoms with van der Waals surface area (Å²) in [7, 11) is 3.87. The van der Waals surface area contributed by atoms with Crippen LogP contribution in [0.25, 0.3) is 0 Å². The maximum absolute atomic E-state index is 12.5. The Morgan fingerprint density at radius 2 is 1.70 bits per heavy atom. The summed E-state index contributed by atoms with van der Waals surface area (Å²) in [4.78, 5) is 54.5. The Bertz CT molecular complexity index is 1080. The molecule has 2 aliphatic rings. The first kappa shape index (κ1) is 22.5. The minimum absolute atomic E-state index is 0.00998. The minimum Gasteiger partial charge on any atom is -0.482 e. The van der Waals surface area contributed by atoms with Crippen molar-refractivity contribution in [3.63, 3.8) is 0 Å². The number of ether oxygens (including phenoxy) is 1. The van der Waals surface area contributed by atoms with Gasteiger partial charge >= 0.3 is 0 Å². The van der Waals surface area contributed by atoms with Crippen LogP contribution >= 0.6 is 0 Å². The van der Waals surface area contributed by atoms with Crippen LogP contribution in [0.1, 0.15) is 33.6 Å². The Morgan fingerprint density at radius 1 is 1.00 bits per heavy atom. The van der Waals surface area contributed by atoms with Gasteiger partial charge in [0.2, 0.25) is 5.91 Å². The van der Waals surface area contributed by atoms with E-state index in [0.717, 1.165) is 0 Å². The van der Waals surface area contributed by atoms with Crippen LogP contribution in [0.15, 0.2) is 42.5 Å². The van der Waals surface area contributed by atoms with Crippen molar-refractivity contribution in [1.29, 1.82) is 0 Å². The molecule has 0 unspecified atom stereocenters. The van der Waals surface area contributed by atoms with Gasteiger partial charge in [0, 0.05) is 31.7 Å². The lowest BCUT2D eigenvalue weighted by Crippen LogP contribution is -2.42. The zero-order chi connectivity index (χ0) is 23.5. The van der Waals surface area contributed by atoms with Crippen molar-refractivity contribution < 1.29 is 23.9 Å². The fourth-order valence-corrected chi connectivity index (χ4v) is 3.89. The summed E-state index contributed by atoms with van der Waals surface area (Å²) in [6.45, 7) is 1.37. The van der Waals surface area contributed by atoms with Gasteiger partial charge in [0.15, 0.2) is 6.61 Å². The van der Waals surface area contributed by atoms with Gasteiger partial charge in [-0.15, -0.1) is 0 Å². The number of carbonyl (C=O) groups is 4. The number of hydrogen-bond acceptors (Lipinski definition) is 6. The Labute approximate surface area is 191 Å². The molecule has 0 radical (unpaired) electrons. The van der Waals surface area contributed by atoms with Gasteiger partial charge in [-0.2, -0.15) is 0 Å². The highest BCUT2D eigenvalue weighted by molar-refractivity contribution is 6.21. The minimum atomic E-state index is -0.326. The van der Waals surface area contributed by atoms with Crippen LogP contribution in [0.5, 0.6) is 5.75 Å². The van der Waals surface area contributed by atoms with E-state index in [2.05, 4.69) is 5.32 Å². The molecule has 1 N–H and O–H groups in total. The third-order valence-corrected chi connectivity index (χ3v) is 5.62. The van der Waals surface area contributed by atoms with Gasteiger partial charge in [-0.3, -0.25) is 24.1 Å². The Balaban J connectivity index is 1.34. The maximum Gasteiger partial charge on any atom is 0.265 e. The lowest BCUT2D eigenvalue weighted by molar-refractivity contribution is -0.121. The quantitative estimate of drug-likeness (QED) is 0.618. The molecule has 2 aromatic carbocycles. The van der Waals surface area contributed by atoms with Crippen LogP contribution in [0.3, 0.4) is 0 Å². The molecule has 0 spiro atoms. The maximum atomic E-state index is 12.5. The zero-order valence-corrected chi connectivity index (χ0v) is 18.7. The van der Waals surface area contributed by atoms with Gasteiger partial charge in [-0.25, -0.2) is 0 Å². The smallest absolute Gasteiger partial charge is 0.265 e. The molecule has 4 rings (SSSR count). The highest BCUT2D eigenvalue weighted by Gasteiger charge is 2.34. The van der Waals surface area contributed by atoms with Gasteiger partial charge in [-0.05, 0) is 50.8 Å². The van der Waals surface area contributed by atoms with E-state index in [9.17, 15) is 19.2 Å². The summed E-state index contributed by atoms with van der Waals surface area (Å²) in [5, 5.41) is 2.83. The van der Waals surface area contributed by atoms with Crippen molar-refractivity contribution in [2.24, 2.45) is 0 Å². The number of hydrogen-bond donors (Lipinski definition) is 1. The first-order chi connectivity index (χ1) is 15.8. The van der Waals surface area contributed by atoms with Crippen molar-refractivity contribution in [3.05, 3.63) is 53.6 Å². The molecule has 2 aliphatic heterocycles. The number of imide groups is 1. The van der Waals surface area contributed by atoms with Gasteiger partial charge < -0.3 is 19.9 Å². The summed E-state index contributed by atoms with van der Waals surface area (Å²) >= 11 is 0. The van der Waals surface area contributed by atoms with E-state index in [0.29, 0.717) is 47.8 Å². The third-order valence-electron chi connectivity index (χ3n) is 5.62. The van der Waals surface area contributed by atoms with Crippen LogP contribution in [-0.4, -0.2) is 73.8 Å². The molecule has 2 heterocycles. The second kappa shape index (κ2) is 9.41. The average molecular weight is 450 g/mol. The van der Waals surface area contributed by atoms with Crippen molar-refractivity contribution in [1.82, 2.24) is 9.80 Å². The lowest BCUT2D eigenvalue weighted by atomic mass is 10.1. The molecule has 0 fully saturated rings. The molecule has 172 valence electrons. The third kappa shape index (κ3) is 4.73. The topological polar surface area (TPSA) is 99.3 Å². The number of anilines is 2. The highest BCUT2D eigenvalue weighted by Crippen LogP contribution is 2.34. The summed E-state index contributed by atoms with van der Waals surface area (Å²) in [6.07, 6.45) is 0.489. The number of fused-ring (bicyclic) bond motifs is 2. The van der Waals surface area contributed by atoms with Crippen LogP contribution < -0.4 is 15.0 Å². The van der Waals surface area contributed by atoms with E-state index in [1.807, 2.05) is 19.0 Å². The molecule has 4 amide bonds. The Kier molecular flexibility index (Phi) is 6.41.